The minimum Gasteiger partial charge on any atom is -0.346 e. The number of benzene rings is 1. The van der Waals surface area contributed by atoms with Crippen LogP contribution in [0.4, 0.5) is 0 Å². The number of hydrogen-bond acceptors (Lipinski definition) is 3. The lowest BCUT2D eigenvalue weighted by Gasteiger charge is -2.27. The molecule has 2 heterocycles. The largest absolute Gasteiger partial charge is 0.346 e. The maximum Gasteiger partial charge on any atom is 0.261 e. The standard InChI is InChI=1S/C12H12N2OS/c15-12(14-9-6-13-7-9)11-5-8-3-1-2-4-10(8)16-11/h1-5,9,13H,6-7H2,(H,14,15). The minimum absolute atomic E-state index is 0.0488. The van der Waals surface area contributed by atoms with Gasteiger partial charge in [-0.05, 0) is 17.5 Å². The van der Waals surface area contributed by atoms with Crippen molar-refractivity contribution in [1.82, 2.24) is 10.6 Å². The third kappa shape index (κ3) is 1.70. The summed E-state index contributed by atoms with van der Waals surface area (Å²) >= 11 is 1.55. The third-order valence-corrected chi connectivity index (χ3v) is 3.88. The summed E-state index contributed by atoms with van der Waals surface area (Å²) in [6.45, 7) is 1.77. The van der Waals surface area contributed by atoms with E-state index in [0.717, 1.165) is 23.4 Å². The molecule has 0 aliphatic carbocycles. The number of carbonyl (C=O) groups is 1. The lowest BCUT2D eigenvalue weighted by Crippen LogP contribution is -2.56. The molecule has 0 radical (unpaired) electrons. The van der Waals surface area contributed by atoms with Gasteiger partial charge in [-0.2, -0.15) is 0 Å². The molecular formula is C12H12N2OS. The molecule has 82 valence electrons. The molecule has 0 bridgehead atoms. The molecule has 0 saturated carbocycles. The maximum absolute atomic E-state index is 11.9. The molecule has 1 aromatic heterocycles. The van der Waals surface area contributed by atoms with Gasteiger partial charge < -0.3 is 10.6 Å². The van der Waals surface area contributed by atoms with Gasteiger partial charge in [0.2, 0.25) is 0 Å². The van der Waals surface area contributed by atoms with Crippen LogP contribution in [0.3, 0.4) is 0 Å². The fourth-order valence-corrected chi connectivity index (χ4v) is 2.71. The highest BCUT2D eigenvalue weighted by Gasteiger charge is 2.20. The molecule has 0 unspecified atom stereocenters. The molecule has 3 rings (SSSR count). The Kier molecular flexibility index (Phi) is 2.38. The number of fused-ring (bicyclic) bond motifs is 1. The van der Waals surface area contributed by atoms with E-state index in [-0.39, 0.29) is 5.91 Å². The predicted octanol–water partition coefficient (Wildman–Crippen LogP) is 1.60. The molecule has 1 amide bonds. The topological polar surface area (TPSA) is 41.1 Å². The Morgan fingerprint density at radius 3 is 2.88 bits per heavy atom. The predicted molar refractivity (Wildman–Crippen MR) is 65.9 cm³/mol. The summed E-state index contributed by atoms with van der Waals surface area (Å²) in [7, 11) is 0. The monoisotopic (exact) mass is 232 g/mol. The van der Waals surface area contributed by atoms with Crippen LogP contribution in [0.2, 0.25) is 0 Å². The summed E-state index contributed by atoms with van der Waals surface area (Å²) in [5.41, 5.74) is 0. The van der Waals surface area contributed by atoms with Crippen LogP contribution in [-0.4, -0.2) is 25.0 Å². The molecule has 2 aromatic rings. The van der Waals surface area contributed by atoms with E-state index in [1.807, 2.05) is 30.3 Å². The van der Waals surface area contributed by atoms with Crippen molar-refractivity contribution in [2.75, 3.05) is 13.1 Å². The Hall–Kier alpha value is -1.39. The highest BCUT2D eigenvalue weighted by Crippen LogP contribution is 2.25. The summed E-state index contributed by atoms with van der Waals surface area (Å²) in [4.78, 5) is 12.7. The minimum atomic E-state index is 0.0488. The quantitative estimate of drug-likeness (QED) is 0.826. The number of nitrogens with one attached hydrogen (secondary N) is 2. The van der Waals surface area contributed by atoms with Crippen molar-refractivity contribution in [3.05, 3.63) is 35.2 Å². The van der Waals surface area contributed by atoms with Gasteiger partial charge in [-0.25, -0.2) is 0 Å². The molecule has 2 N–H and O–H groups in total. The molecule has 0 spiro atoms. The average Bonchev–Trinajstić information content (AvgIpc) is 2.66. The van der Waals surface area contributed by atoms with Crippen LogP contribution in [-0.2, 0) is 0 Å². The molecule has 1 saturated heterocycles. The van der Waals surface area contributed by atoms with Gasteiger partial charge in [0.1, 0.15) is 0 Å². The van der Waals surface area contributed by atoms with Gasteiger partial charge in [0.05, 0.1) is 10.9 Å². The van der Waals surface area contributed by atoms with Gasteiger partial charge in [-0.1, -0.05) is 18.2 Å². The summed E-state index contributed by atoms with van der Waals surface area (Å²) in [6.07, 6.45) is 0. The zero-order valence-electron chi connectivity index (χ0n) is 8.69. The van der Waals surface area contributed by atoms with E-state index in [2.05, 4.69) is 10.6 Å². The van der Waals surface area contributed by atoms with Crippen molar-refractivity contribution in [1.29, 1.82) is 0 Å². The van der Waals surface area contributed by atoms with Crippen molar-refractivity contribution in [2.45, 2.75) is 6.04 Å². The van der Waals surface area contributed by atoms with E-state index in [1.54, 1.807) is 11.3 Å². The number of thiophene rings is 1. The Morgan fingerprint density at radius 2 is 2.19 bits per heavy atom. The first-order chi connectivity index (χ1) is 7.83. The van der Waals surface area contributed by atoms with Crippen molar-refractivity contribution in [3.8, 4) is 0 Å². The van der Waals surface area contributed by atoms with Crippen LogP contribution in [0.5, 0.6) is 0 Å². The number of rotatable bonds is 2. The molecule has 1 aliphatic rings. The van der Waals surface area contributed by atoms with E-state index in [9.17, 15) is 4.79 Å². The van der Waals surface area contributed by atoms with Gasteiger partial charge in [-0.3, -0.25) is 4.79 Å². The fraction of sp³-hybridized carbons (Fsp3) is 0.250. The van der Waals surface area contributed by atoms with E-state index >= 15 is 0 Å². The first-order valence-electron chi connectivity index (χ1n) is 5.33. The number of amides is 1. The zero-order chi connectivity index (χ0) is 11.0. The normalized spacial score (nSPS) is 16.0. The van der Waals surface area contributed by atoms with Crippen LogP contribution < -0.4 is 10.6 Å². The van der Waals surface area contributed by atoms with Crippen LogP contribution in [0.15, 0.2) is 30.3 Å². The van der Waals surface area contributed by atoms with E-state index < -0.39 is 0 Å². The average molecular weight is 232 g/mol. The zero-order valence-corrected chi connectivity index (χ0v) is 9.51. The Balaban J connectivity index is 1.84. The second-order valence-corrected chi connectivity index (χ2v) is 5.06. The smallest absolute Gasteiger partial charge is 0.261 e. The molecule has 1 aromatic carbocycles. The number of hydrogen-bond donors (Lipinski definition) is 2. The van der Waals surface area contributed by atoms with E-state index in [1.165, 1.54) is 4.70 Å². The number of carbonyl (C=O) groups excluding carboxylic acids is 1. The van der Waals surface area contributed by atoms with Crippen molar-refractivity contribution in [2.24, 2.45) is 0 Å². The summed E-state index contributed by atoms with van der Waals surface area (Å²) in [5.74, 6) is 0.0488. The maximum atomic E-state index is 11.9. The molecule has 4 heteroatoms. The molecule has 3 nitrogen and oxygen atoms in total. The molecule has 1 fully saturated rings. The van der Waals surface area contributed by atoms with Crippen molar-refractivity contribution < 1.29 is 4.79 Å². The molecule has 1 aliphatic heterocycles. The highest BCUT2D eigenvalue weighted by atomic mass is 32.1. The Labute approximate surface area is 97.5 Å². The van der Waals surface area contributed by atoms with Gasteiger partial charge in [0.15, 0.2) is 0 Å². The van der Waals surface area contributed by atoms with Crippen LogP contribution >= 0.6 is 11.3 Å². The molecule has 0 atom stereocenters. The van der Waals surface area contributed by atoms with Crippen LogP contribution in [0, 0.1) is 0 Å². The molecule has 16 heavy (non-hydrogen) atoms. The second-order valence-electron chi connectivity index (χ2n) is 3.98. The first kappa shape index (κ1) is 9.81. The van der Waals surface area contributed by atoms with Crippen molar-refractivity contribution >= 4 is 27.3 Å². The summed E-state index contributed by atoms with van der Waals surface area (Å²) < 4.78 is 1.17. The Morgan fingerprint density at radius 1 is 1.38 bits per heavy atom. The van der Waals surface area contributed by atoms with Crippen molar-refractivity contribution in [3.63, 3.8) is 0 Å². The van der Waals surface area contributed by atoms with E-state index in [0.29, 0.717) is 6.04 Å². The van der Waals surface area contributed by atoms with Crippen LogP contribution in [0.1, 0.15) is 9.67 Å². The Bertz CT molecular complexity index is 498. The van der Waals surface area contributed by atoms with E-state index in [4.69, 9.17) is 0 Å². The fourth-order valence-electron chi connectivity index (χ4n) is 1.74. The highest BCUT2D eigenvalue weighted by molar-refractivity contribution is 7.20. The summed E-state index contributed by atoms with van der Waals surface area (Å²) in [5, 5.41) is 7.28. The second kappa shape index (κ2) is 3.88. The first-order valence-corrected chi connectivity index (χ1v) is 6.15. The van der Waals surface area contributed by atoms with Gasteiger partial charge in [-0.15, -0.1) is 11.3 Å². The van der Waals surface area contributed by atoms with Gasteiger partial charge in [0.25, 0.3) is 5.91 Å². The van der Waals surface area contributed by atoms with Gasteiger partial charge in [0, 0.05) is 17.8 Å². The summed E-state index contributed by atoms with van der Waals surface area (Å²) in [6, 6.07) is 10.3. The van der Waals surface area contributed by atoms with Gasteiger partial charge >= 0.3 is 0 Å². The third-order valence-electron chi connectivity index (χ3n) is 2.77. The SMILES string of the molecule is O=C(NC1CNC1)c1cc2ccccc2s1. The molecular weight excluding hydrogens is 220 g/mol. The van der Waals surface area contributed by atoms with Crippen LogP contribution in [0.25, 0.3) is 10.1 Å². The lowest BCUT2D eigenvalue weighted by atomic mass is 10.2. The lowest BCUT2D eigenvalue weighted by molar-refractivity contribution is 0.0928.